The molecule has 1 aliphatic rings. The number of carbonyl (C=O) groups is 2. The molecule has 1 aromatic heterocycles. The lowest BCUT2D eigenvalue weighted by atomic mass is 9.96. The summed E-state index contributed by atoms with van der Waals surface area (Å²) in [6.07, 6.45) is 1.71. The molecule has 3 aromatic rings. The first-order chi connectivity index (χ1) is 17.7. The Bertz CT molecular complexity index is 1590. The molecule has 1 aliphatic heterocycles. The molecule has 0 aliphatic carbocycles. The van der Waals surface area contributed by atoms with Gasteiger partial charge in [-0.2, -0.15) is 0 Å². The van der Waals surface area contributed by atoms with Gasteiger partial charge in [0, 0.05) is 11.9 Å². The van der Waals surface area contributed by atoms with Crippen molar-refractivity contribution in [2.24, 2.45) is 4.99 Å². The van der Waals surface area contributed by atoms with Gasteiger partial charge in [0.1, 0.15) is 6.04 Å². The van der Waals surface area contributed by atoms with E-state index >= 15 is 0 Å². The lowest BCUT2D eigenvalue weighted by molar-refractivity contribution is -0.139. The second kappa shape index (κ2) is 11.1. The molecule has 37 heavy (non-hydrogen) atoms. The van der Waals surface area contributed by atoms with Gasteiger partial charge in [0.25, 0.3) is 5.56 Å². The topological polar surface area (TPSA) is 96.2 Å². The first-order valence-electron chi connectivity index (χ1n) is 11.6. The molecule has 0 spiro atoms. The second-order valence-corrected chi connectivity index (χ2v) is 9.47. The summed E-state index contributed by atoms with van der Waals surface area (Å²) in [6, 6.07) is 11.3. The van der Waals surface area contributed by atoms with Crippen LogP contribution in [0.3, 0.4) is 0 Å². The highest BCUT2D eigenvalue weighted by Crippen LogP contribution is 2.34. The minimum Gasteiger partial charge on any atom is -0.490 e. The van der Waals surface area contributed by atoms with Gasteiger partial charge in [-0.15, -0.1) is 0 Å². The summed E-state index contributed by atoms with van der Waals surface area (Å²) < 4.78 is 18.0. The summed E-state index contributed by atoms with van der Waals surface area (Å²) in [5.41, 5.74) is 1.66. The number of esters is 2. The Morgan fingerprint density at radius 1 is 1.14 bits per heavy atom. The van der Waals surface area contributed by atoms with Gasteiger partial charge in [-0.1, -0.05) is 47.2 Å². The SMILES string of the molecule is CCOC(=O)C1=C(C)N=c2s/c(=C\c3ccc(OC(C)=O)c(OCC)c3)c(=O)n2[C@H]1c1ccccc1Cl. The summed E-state index contributed by atoms with van der Waals surface area (Å²) in [4.78, 5) is 43.1. The van der Waals surface area contributed by atoms with Crippen LogP contribution in [0.1, 0.15) is 44.9 Å². The van der Waals surface area contributed by atoms with Crippen molar-refractivity contribution in [3.63, 3.8) is 0 Å². The van der Waals surface area contributed by atoms with Crippen molar-refractivity contribution < 1.29 is 23.8 Å². The highest BCUT2D eigenvalue weighted by Gasteiger charge is 2.34. The Morgan fingerprint density at radius 3 is 2.57 bits per heavy atom. The molecule has 8 nitrogen and oxygen atoms in total. The number of allylic oxidation sites excluding steroid dienone is 1. The maximum absolute atomic E-state index is 13.7. The van der Waals surface area contributed by atoms with Gasteiger partial charge in [0.05, 0.1) is 29.0 Å². The number of ether oxygens (including phenoxy) is 3. The average Bonchev–Trinajstić information content (AvgIpc) is 3.14. The maximum Gasteiger partial charge on any atom is 0.338 e. The van der Waals surface area contributed by atoms with Crippen LogP contribution >= 0.6 is 22.9 Å². The molecule has 2 heterocycles. The van der Waals surface area contributed by atoms with Gasteiger partial charge in [0.15, 0.2) is 16.3 Å². The van der Waals surface area contributed by atoms with Crippen LogP contribution in [0.15, 0.2) is 63.5 Å². The normalized spacial score (nSPS) is 15.2. The Hall–Kier alpha value is -3.69. The van der Waals surface area contributed by atoms with E-state index in [1.807, 2.05) is 6.92 Å². The minimum absolute atomic E-state index is 0.181. The summed E-state index contributed by atoms with van der Waals surface area (Å²) in [5.74, 6) is -0.338. The predicted molar refractivity (Wildman–Crippen MR) is 141 cm³/mol. The molecule has 4 rings (SSSR count). The van der Waals surface area contributed by atoms with Crippen molar-refractivity contribution in [3.8, 4) is 11.5 Å². The first kappa shape index (κ1) is 26.4. The third-order valence-corrected chi connectivity index (χ3v) is 6.86. The van der Waals surface area contributed by atoms with Gasteiger partial charge < -0.3 is 14.2 Å². The van der Waals surface area contributed by atoms with Crippen LogP contribution in [-0.2, 0) is 14.3 Å². The number of benzene rings is 2. The van der Waals surface area contributed by atoms with Crippen molar-refractivity contribution in [2.45, 2.75) is 33.7 Å². The monoisotopic (exact) mass is 540 g/mol. The van der Waals surface area contributed by atoms with Crippen LogP contribution in [0.4, 0.5) is 0 Å². The molecule has 0 N–H and O–H groups in total. The number of hydrogen-bond donors (Lipinski definition) is 0. The van der Waals surface area contributed by atoms with Crippen LogP contribution in [0.5, 0.6) is 11.5 Å². The smallest absolute Gasteiger partial charge is 0.338 e. The van der Waals surface area contributed by atoms with E-state index < -0.39 is 18.0 Å². The zero-order valence-electron chi connectivity index (χ0n) is 20.7. The molecule has 0 saturated heterocycles. The van der Waals surface area contributed by atoms with Gasteiger partial charge in [-0.3, -0.25) is 14.2 Å². The van der Waals surface area contributed by atoms with Gasteiger partial charge in [-0.05, 0) is 56.2 Å². The third kappa shape index (κ3) is 5.38. The van der Waals surface area contributed by atoms with Crippen LogP contribution < -0.4 is 24.4 Å². The lowest BCUT2D eigenvalue weighted by Gasteiger charge is -2.25. The highest BCUT2D eigenvalue weighted by atomic mass is 35.5. The van der Waals surface area contributed by atoms with Gasteiger partial charge in [0.2, 0.25) is 0 Å². The Morgan fingerprint density at radius 2 is 1.89 bits per heavy atom. The van der Waals surface area contributed by atoms with Crippen molar-refractivity contribution in [3.05, 3.63) is 89.6 Å². The van der Waals surface area contributed by atoms with Crippen LogP contribution in [0, 0.1) is 0 Å². The predicted octanol–water partition coefficient (Wildman–Crippen LogP) is 3.78. The van der Waals surface area contributed by atoms with Crippen LogP contribution in [0.2, 0.25) is 5.02 Å². The Kier molecular flexibility index (Phi) is 7.94. The van der Waals surface area contributed by atoms with E-state index in [0.717, 1.165) is 0 Å². The molecule has 0 saturated carbocycles. The quantitative estimate of drug-likeness (QED) is 0.334. The maximum atomic E-state index is 13.7. The molecule has 2 aromatic carbocycles. The van der Waals surface area contributed by atoms with Crippen molar-refractivity contribution in [1.82, 2.24) is 4.57 Å². The number of halogens is 1. The summed E-state index contributed by atoms with van der Waals surface area (Å²) in [7, 11) is 0. The summed E-state index contributed by atoms with van der Waals surface area (Å²) in [6.45, 7) is 7.12. The molecule has 0 radical (unpaired) electrons. The van der Waals surface area contributed by atoms with E-state index in [0.29, 0.717) is 49.3 Å². The molecule has 10 heteroatoms. The largest absolute Gasteiger partial charge is 0.490 e. The fourth-order valence-electron chi connectivity index (χ4n) is 4.06. The van der Waals surface area contributed by atoms with E-state index in [-0.39, 0.29) is 17.7 Å². The Labute approximate surface area is 222 Å². The number of carbonyl (C=O) groups excluding carboxylic acids is 2. The molecule has 192 valence electrons. The molecule has 1 atom stereocenters. The number of hydrogen-bond acceptors (Lipinski definition) is 8. The van der Waals surface area contributed by atoms with E-state index in [1.165, 1.54) is 22.8 Å². The average molecular weight is 541 g/mol. The zero-order valence-corrected chi connectivity index (χ0v) is 22.3. The molecule has 0 fully saturated rings. The fraction of sp³-hybridized carbons (Fsp3) is 0.259. The van der Waals surface area contributed by atoms with E-state index in [4.69, 9.17) is 25.8 Å². The molecular formula is C27H25ClN2O6S. The number of fused-ring (bicyclic) bond motifs is 1. The van der Waals surface area contributed by atoms with Crippen molar-refractivity contribution in [1.29, 1.82) is 0 Å². The third-order valence-electron chi connectivity index (χ3n) is 5.54. The molecule has 0 amide bonds. The minimum atomic E-state index is -0.795. The number of aromatic nitrogens is 1. The number of thiazole rings is 1. The molecule has 0 bridgehead atoms. The molecule has 0 unspecified atom stereocenters. The standard InChI is InChI=1S/C27H25ClN2O6S/c1-5-34-21-13-17(11-12-20(21)36-16(4)31)14-22-25(32)30-24(18-9-7-8-10-19(18)28)23(26(33)35-6-2)15(3)29-27(30)37-22/h7-14,24H,5-6H2,1-4H3/b22-14-/t24-/m0/s1. The highest BCUT2D eigenvalue weighted by molar-refractivity contribution is 7.07. The Balaban J connectivity index is 1.90. The number of nitrogens with zero attached hydrogens (tertiary/aromatic N) is 2. The first-order valence-corrected chi connectivity index (χ1v) is 12.8. The lowest BCUT2D eigenvalue weighted by Crippen LogP contribution is -2.40. The summed E-state index contributed by atoms with van der Waals surface area (Å²) >= 11 is 7.73. The van der Waals surface area contributed by atoms with Crippen molar-refractivity contribution >= 4 is 41.0 Å². The summed E-state index contributed by atoms with van der Waals surface area (Å²) in [5, 5.41) is 0.418. The second-order valence-electron chi connectivity index (χ2n) is 8.06. The van der Waals surface area contributed by atoms with Crippen LogP contribution in [-0.4, -0.2) is 29.7 Å². The van der Waals surface area contributed by atoms with Gasteiger partial charge >= 0.3 is 11.9 Å². The van der Waals surface area contributed by atoms with Crippen molar-refractivity contribution in [2.75, 3.05) is 13.2 Å². The fourth-order valence-corrected chi connectivity index (χ4v) is 5.34. The van der Waals surface area contributed by atoms with E-state index in [2.05, 4.69) is 4.99 Å². The van der Waals surface area contributed by atoms with Gasteiger partial charge in [-0.25, -0.2) is 9.79 Å². The van der Waals surface area contributed by atoms with Crippen LogP contribution in [0.25, 0.3) is 6.08 Å². The zero-order chi connectivity index (χ0) is 26.7. The number of rotatable bonds is 7. The van der Waals surface area contributed by atoms with E-state index in [1.54, 1.807) is 62.4 Å². The van der Waals surface area contributed by atoms with E-state index in [9.17, 15) is 14.4 Å². The molecular weight excluding hydrogens is 516 g/mol.